The summed E-state index contributed by atoms with van der Waals surface area (Å²) in [6.07, 6.45) is 1.78. The molecule has 1 atom stereocenters. The average Bonchev–Trinajstić information content (AvgIpc) is 2.56. The summed E-state index contributed by atoms with van der Waals surface area (Å²) < 4.78 is 0. The molecule has 0 heterocycles. The molecule has 1 aromatic carbocycles. The fourth-order valence-electron chi connectivity index (χ4n) is 2.50. The van der Waals surface area contributed by atoms with Crippen molar-refractivity contribution in [1.29, 1.82) is 0 Å². The van der Waals surface area contributed by atoms with Gasteiger partial charge in [-0.05, 0) is 30.7 Å². The van der Waals surface area contributed by atoms with E-state index in [-0.39, 0.29) is 37.0 Å². The first-order valence-electron chi connectivity index (χ1n) is 8.73. The Morgan fingerprint density at radius 3 is 2.28 bits per heavy atom. The SMILES string of the molecule is CCCC(=O)N(NC(=O)CCc1ccccc1)[C@@H](CC(C)C)C(=O)O. The van der Waals surface area contributed by atoms with Crippen LogP contribution in [0.1, 0.15) is 52.0 Å². The highest BCUT2D eigenvalue weighted by Crippen LogP contribution is 2.13. The van der Waals surface area contributed by atoms with Crippen LogP contribution in [0.2, 0.25) is 0 Å². The van der Waals surface area contributed by atoms with E-state index < -0.39 is 12.0 Å². The first-order valence-corrected chi connectivity index (χ1v) is 8.73. The van der Waals surface area contributed by atoms with Gasteiger partial charge in [0.2, 0.25) is 11.8 Å². The van der Waals surface area contributed by atoms with Crippen molar-refractivity contribution in [2.75, 3.05) is 0 Å². The van der Waals surface area contributed by atoms with Gasteiger partial charge >= 0.3 is 5.97 Å². The van der Waals surface area contributed by atoms with E-state index in [0.717, 1.165) is 10.6 Å². The summed E-state index contributed by atoms with van der Waals surface area (Å²) in [6, 6.07) is 8.48. The van der Waals surface area contributed by atoms with E-state index in [9.17, 15) is 19.5 Å². The third-order valence-electron chi connectivity index (χ3n) is 3.75. The molecule has 1 rings (SSSR count). The van der Waals surface area contributed by atoms with E-state index in [1.54, 1.807) is 0 Å². The Morgan fingerprint density at radius 2 is 1.76 bits per heavy atom. The minimum absolute atomic E-state index is 0.0826. The summed E-state index contributed by atoms with van der Waals surface area (Å²) in [5.74, 6) is -1.76. The first-order chi connectivity index (χ1) is 11.8. The van der Waals surface area contributed by atoms with Crippen LogP contribution in [0, 0.1) is 5.92 Å². The Kier molecular flexibility index (Phi) is 8.67. The molecule has 2 N–H and O–H groups in total. The summed E-state index contributed by atoms with van der Waals surface area (Å²) in [5, 5.41) is 10.5. The lowest BCUT2D eigenvalue weighted by molar-refractivity contribution is -0.156. The van der Waals surface area contributed by atoms with Gasteiger partial charge < -0.3 is 5.11 Å². The van der Waals surface area contributed by atoms with Crippen molar-refractivity contribution < 1.29 is 19.5 Å². The Bertz CT molecular complexity index is 572. The summed E-state index contributed by atoms with van der Waals surface area (Å²) >= 11 is 0. The number of carbonyl (C=O) groups is 3. The van der Waals surface area contributed by atoms with Gasteiger partial charge in [0.15, 0.2) is 6.04 Å². The molecule has 0 fully saturated rings. The largest absolute Gasteiger partial charge is 0.480 e. The van der Waals surface area contributed by atoms with Gasteiger partial charge in [0.25, 0.3) is 0 Å². The second-order valence-corrected chi connectivity index (χ2v) is 6.52. The number of hydrazine groups is 1. The molecule has 0 spiro atoms. The number of nitrogens with zero attached hydrogens (tertiary/aromatic N) is 1. The maximum Gasteiger partial charge on any atom is 0.328 e. The molecule has 6 nitrogen and oxygen atoms in total. The zero-order valence-electron chi connectivity index (χ0n) is 15.2. The van der Waals surface area contributed by atoms with Crippen molar-refractivity contribution in [1.82, 2.24) is 10.4 Å². The molecule has 6 heteroatoms. The molecule has 0 saturated heterocycles. The van der Waals surface area contributed by atoms with Crippen LogP contribution in [0.15, 0.2) is 30.3 Å². The van der Waals surface area contributed by atoms with Crippen LogP contribution in [0.3, 0.4) is 0 Å². The van der Waals surface area contributed by atoms with Crippen LogP contribution in [0.5, 0.6) is 0 Å². The summed E-state index contributed by atoms with van der Waals surface area (Å²) in [7, 11) is 0. The summed E-state index contributed by atoms with van der Waals surface area (Å²) in [6.45, 7) is 5.61. The van der Waals surface area contributed by atoms with Crippen molar-refractivity contribution >= 4 is 17.8 Å². The zero-order chi connectivity index (χ0) is 18.8. The smallest absolute Gasteiger partial charge is 0.328 e. The van der Waals surface area contributed by atoms with Crippen LogP contribution >= 0.6 is 0 Å². The number of carbonyl (C=O) groups excluding carboxylic acids is 2. The monoisotopic (exact) mass is 348 g/mol. The van der Waals surface area contributed by atoms with E-state index in [4.69, 9.17) is 0 Å². The van der Waals surface area contributed by atoms with E-state index >= 15 is 0 Å². The van der Waals surface area contributed by atoms with Gasteiger partial charge in [-0.3, -0.25) is 15.0 Å². The molecule has 0 radical (unpaired) electrons. The highest BCUT2D eigenvalue weighted by molar-refractivity contribution is 5.86. The fourth-order valence-corrected chi connectivity index (χ4v) is 2.50. The Balaban J connectivity index is 2.79. The molecule has 0 saturated carbocycles. The predicted octanol–water partition coefficient (Wildman–Crippen LogP) is 2.78. The number of carboxylic acids is 1. The lowest BCUT2D eigenvalue weighted by Crippen LogP contribution is -2.55. The fraction of sp³-hybridized carbons (Fsp3) is 0.526. The van der Waals surface area contributed by atoms with Crippen molar-refractivity contribution in [3.63, 3.8) is 0 Å². The maximum atomic E-state index is 12.3. The highest BCUT2D eigenvalue weighted by atomic mass is 16.4. The molecular weight excluding hydrogens is 320 g/mol. The molecule has 0 aliphatic heterocycles. The molecule has 0 bridgehead atoms. The van der Waals surface area contributed by atoms with Gasteiger partial charge in [-0.15, -0.1) is 0 Å². The third-order valence-corrected chi connectivity index (χ3v) is 3.75. The van der Waals surface area contributed by atoms with Crippen molar-refractivity contribution in [2.45, 2.75) is 58.9 Å². The van der Waals surface area contributed by atoms with Crippen LogP contribution in [0.25, 0.3) is 0 Å². The molecule has 1 aromatic rings. The number of amides is 2. The Labute approximate surface area is 149 Å². The molecule has 138 valence electrons. The lowest BCUT2D eigenvalue weighted by atomic mass is 10.0. The number of hydrogen-bond donors (Lipinski definition) is 2. The number of carboxylic acid groups (broad SMARTS) is 1. The van der Waals surface area contributed by atoms with Crippen molar-refractivity contribution in [2.24, 2.45) is 5.92 Å². The lowest BCUT2D eigenvalue weighted by Gasteiger charge is -2.30. The van der Waals surface area contributed by atoms with Crippen LogP contribution < -0.4 is 5.43 Å². The van der Waals surface area contributed by atoms with Crippen LogP contribution in [-0.4, -0.2) is 33.9 Å². The molecule has 0 unspecified atom stereocenters. The number of rotatable bonds is 9. The maximum absolute atomic E-state index is 12.3. The number of aliphatic carboxylic acids is 1. The molecule has 25 heavy (non-hydrogen) atoms. The van der Waals surface area contributed by atoms with Crippen LogP contribution in [0.4, 0.5) is 0 Å². The van der Waals surface area contributed by atoms with Crippen molar-refractivity contribution in [3.05, 3.63) is 35.9 Å². The third kappa shape index (κ3) is 7.37. The van der Waals surface area contributed by atoms with Gasteiger partial charge in [0.1, 0.15) is 0 Å². The van der Waals surface area contributed by atoms with Gasteiger partial charge in [0.05, 0.1) is 0 Å². The molecular formula is C19H28N2O4. The summed E-state index contributed by atoms with van der Waals surface area (Å²) in [4.78, 5) is 36.2. The topological polar surface area (TPSA) is 86.7 Å². The van der Waals surface area contributed by atoms with E-state index in [1.165, 1.54) is 0 Å². The van der Waals surface area contributed by atoms with Gasteiger partial charge in [-0.1, -0.05) is 51.1 Å². The average molecular weight is 348 g/mol. The minimum Gasteiger partial charge on any atom is -0.480 e. The molecule has 0 aliphatic rings. The molecule has 0 aromatic heterocycles. The van der Waals surface area contributed by atoms with E-state index in [1.807, 2.05) is 51.1 Å². The Morgan fingerprint density at radius 1 is 1.12 bits per heavy atom. The highest BCUT2D eigenvalue weighted by Gasteiger charge is 2.31. The second kappa shape index (κ2) is 10.5. The first kappa shape index (κ1) is 20.7. The normalized spacial score (nSPS) is 11.8. The predicted molar refractivity (Wildman–Crippen MR) is 95.5 cm³/mol. The molecule has 0 aliphatic carbocycles. The minimum atomic E-state index is -1.11. The number of nitrogens with one attached hydrogen (secondary N) is 1. The second-order valence-electron chi connectivity index (χ2n) is 6.52. The van der Waals surface area contributed by atoms with Crippen LogP contribution in [-0.2, 0) is 20.8 Å². The quantitative estimate of drug-likeness (QED) is 0.672. The van der Waals surface area contributed by atoms with Gasteiger partial charge in [0, 0.05) is 12.8 Å². The van der Waals surface area contributed by atoms with Crippen molar-refractivity contribution in [3.8, 4) is 0 Å². The van der Waals surface area contributed by atoms with Gasteiger partial charge in [-0.2, -0.15) is 0 Å². The standard InChI is InChI=1S/C19H28N2O4/c1-4-8-18(23)21(16(19(24)25)13-14(2)3)20-17(22)12-11-15-9-6-5-7-10-15/h5-7,9-10,14,16H,4,8,11-13H2,1-3H3,(H,20,22)(H,24,25)/t16-/m0/s1. The van der Waals surface area contributed by atoms with Gasteiger partial charge in [-0.25, -0.2) is 9.80 Å². The number of aryl methyl sites for hydroxylation is 1. The number of benzene rings is 1. The Hall–Kier alpha value is -2.37. The van der Waals surface area contributed by atoms with E-state index in [0.29, 0.717) is 12.8 Å². The molecule has 2 amide bonds. The van der Waals surface area contributed by atoms with E-state index in [2.05, 4.69) is 5.43 Å². The number of hydrogen-bond acceptors (Lipinski definition) is 3. The summed E-state index contributed by atoms with van der Waals surface area (Å²) in [5.41, 5.74) is 3.54. The zero-order valence-corrected chi connectivity index (χ0v) is 15.2.